The molecular weight excluding hydrogens is 415 g/mol. The third-order valence-electron chi connectivity index (χ3n) is 3.70. The third kappa shape index (κ3) is 3.13. The van der Waals surface area contributed by atoms with E-state index in [9.17, 15) is 13.6 Å². The van der Waals surface area contributed by atoms with E-state index >= 15 is 0 Å². The van der Waals surface area contributed by atoms with Gasteiger partial charge >= 0.3 is 6.09 Å². The quantitative estimate of drug-likeness (QED) is 0.747. The summed E-state index contributed by atoms with van der Waals surface area (Å²) in [5.74, 6) is -0.689. The number of hydrogen-bond donors (Lipinski definition) is 1. The van der Waals surface area contributed by atoms with Gasteiger partial charge in [-0.25, -0.2) is 13.6 Å². The Balaban J connectivity index is 1.68. The fraction of sp³-hybridized carbons (Fsp3) is 0.667. The van der Waals surface area contributed by atoms with E-state index in [1.807, 2.05) is 22.9 Å². The Kier molecular flexibility index (Phi) is 4.06. The van der Waals surface area contributed by atoms with Gasteiger partial charge in [-0.05, 0) is 6.92 Å². The van der Waals surface area contributed by atoms with Gasteiger partial charge in [0.25, 0.3) is 0 Å². The van der Waals surface area contributed by atoms with Gasteiger partial charge in [0.05, 0.1) is 28.6 Å². The summed E-state index contributed by atoms with van der Waals surface area (Å²) in [7, 11) is 0. The van der Waals surface area contributed by atoms with Crippen molar-refractivity contribution in [2.24, 2.45) is 0 Å². The van der Waals surface area contributed by atoms with Crippen LogP contribution in [0.2, 0.25) is 0 Å². The maximum absolute atomic E-state index is 13.0. The zero-order chi connectivity index (χ0) is 15.2. The number of nitrogens with zero attached hydrogens (tertiary/aromatic N) is 2. The number of halogens is 3. The van der Waals surface area contributed by atoms with Crippen molar-refractivity contribution in [1.82, 2.24) is 7.99 Å². The Hall–Kier alpha value is -0.580. The normalized spacial score (nSPS) is 21.5. The molecule has 116 valence electrons. The number of alkyl halides is 2. The molecule has 0 bridgehead atoms. The second-order valence-electron chi connectivity index (χ2n) is 5.37. The van der Waals surface area contributed by atoms with E-state index in [1.54, 1.807) is 18.7 Å². The van der Waals surface area contributed by atoms with Crippen molar-refractivity contribution < 1.29 is 18.3 Å². The number of carbonyl (C=O) groups excluding carboxylic acids is 1. The molecule has 1 aliphatic carbocycles. The Morgan fingerprint density at radius 1 is 1.52 bits per heavy atom. The first-order chi connectivity index (χ1) is 9.85. The second-order valence-corrected chi connectivity index (χ2v) is 7.36. The summed E-state index contributed by atoms with van der Waals surface area (Å²) in [6.45, 7) is 1.78. The summed E-state index contributed by atoms with van der Waals surface area (Å²) in [4.78, 5) is 11.8. The summed E-state index contributed by atoms with van der Waals surface area (Å²) in [5.41, 5.74) is 1.36. The van der Waals surface area contributed by atoms with Crippen molar-refractivity contribution in [3.8, 4) is 0 Å². The first-order valence-corrected chi connectivity index (χ1v) is 8.66. The molecule has 0 radical (unpaired) electrons. The molecule has 1 saturated heterocycles. The fourth-order valence-electron chi connectivity index (χ4n) is 2.42. The van der Waals surface area contributed by atoms with E-state index in [1.165, 1.54) is 2.90 Å². The molecule has 1 amide bonds. The van der Waals surface area contributed by atoms with Crippen LogP contribution in [0.1, 0.15) is 30.0 Å². The molecule has 1 N–H and O–H groups in total. The number of anilines is 1. The number of hydrogen-bond acceptors (Lipinski definition) is 4. The molecule has 2 heterocycles. The number of ether oxygens (including phenoxy) is 1. The lowest BCUT2D eigenvalue weighted by atomic mass is 9.78. The molecule has 1 aromatic heterocycles. The zero-order valence-electron chi connectivity index (χ0n) is 11.2. The highest BCUT2D eigenvalue weighted by molar-refractivity contribution is 14.1. The lowest BCUT2D eigenvalue weighted by Gasteiger charge is -2.34. The summed E-state index contributed by atoms with van der Waals surface area (Å²) >= 11 is 3.65. The molecule has 1 saturated carbocycles. The van der Waals surface area contributed by atoms with Crippen LogP contribution in [-0.2, 0) is 4.74 Å². The highest BCUT2D eigenvalue weighted by Crippen LogP contribution is 2.49. The van der Waals surface area contributed by atoms with Crippen LogP contribution in [0.15, 0.2) is 0 Å². The standard InChI is InChI=1S/C12H14F2IN3O2S/c1-6-9(7-2-12(13,14)3-7)17-18(15)10(6)16-11(19)20-8-4-21-5-8/h7-8H,2-5H2,1H3,(H,16,19). The van der Waals surface area contributed by atoms with Crippen LogP contribution < -0.4 is 5.32 Å². The number of amides is 1. The molecule has 0 atom stereocenters. The van der Waals surface area contributed by atoms with Gasteiger partial charge in [0, 0.05) is 35.8 Å². The van der Waals surface area contributed by atoms with E-state index in [4.69, 9.17) is 4.74 Å². The lowest BCUT2D eigenvalue weighted by Crippen LogP contribution is -2.34. The number of thioether (sulfide) groups is 1. The van der Waals surface area contributed by atoms with Crippen LogP contribution in [-0.4, -0.2) is 37.6 Å². The SMILES string of the molecule is Cc1c(C2CC(F)(F)C2)nn(I)c1NC(=O)OC1CSC1. The molecule has 1 aliphatic heterocycles. The van der Waals surface area contributed by atoms with Crippen LogP contribution in [0.3, 0.4) is 0 Å². The van der Waals surface area contributed by atoms with Crippen LogP contribution in [0, 0.1) is 6.92 Å². The van der Waals surface area contributed by atoms with Gasteiger partial charge in [0.15, 0.2) is 0 Å². The Morgan fingerprint density at radius 3 is 2.71 bits per heavy atom. The average Bonchev–Trinajstić information content (AvgIpc) is 2.58. The van der Waals surface area contributed by atoms with Gasteiger partial charge in [-0.1, -0.05) is 0 Å². The summed E-state index contributed by atoms with van der Waals surface area (Å²) in [6.07, 6.45) is -0.910. The molecule has 5 nitrogen and oxygen atoms in total. The topological polar surface area (TPSA) is 56.2 Å². The first kappa shape index (κ1) is 15.3. The second kappa shape index (κ2) is 5.56. The predicted molar refractivity (Wildman–Crippen MR) is 84.5 cm³/mol. The number of rotatable bonds is 3. The molecule has 0 unspecified atom stereocenters. The van der Waals surface area contributed by atoms with Crippen molar-refractivity contribution in [2.75, 3.05) is 16.8 Å². The van der Waals surface area contributed by atoms with Gasteiger partial charge in [-0.3, -0.25) is 5.32 Å². The number of carbonyl (C=O) groups is 1. The smallest absolute Gasteiger partial charge is 0.413 e. The van der Waals surface area contributed by atoms with Gasteiger partial charge in [-0.15, -0.1) is 0 Å². The van der Waals surface area contributed by atoms with Gasteiger partial charge in [-0.2, -0.15) is 19.8 Å². The predicted octanol–water partition coefficient (Wildman–Crippen LogP) is 3.57. The first-order valence-electron chi connectivity index (χ1n) is 6.54. The van der Waals surface area contributed by atoms with E-state index in [-0.39, 0.29) is 24.9 Å². The number of aromatic nitrogens is 2. The van der Waals surface area contributed by atoms with Crippen molar-refractivity contribution in [3.05, 3.63) is 11.3 Å². The molecule has 9 heteroatoms. The molecule has 21 heavy (non-hydrogen) atoms. The summed E-state index contributed by atoms with van der Waals surface area (Å²) < 4.78 is 32.7. The maximum Gasteiger partial charge on any atom is 0.413 e. The lowest BCUT2D eigenvalue weighted by molar-refractivity contribution is -0.0877. The summed E-state index contributed by atoms with van der Waals surface area (Å²) in [6, 6.07) is 0. The van der Waals surface area contributed by atoms with Gasteiger partial charge < -0.3 is 4.74 Å². The molecular formula is C12H14F2IN3O2S. The fourth-order valence-corrected chi connectivity index (χ4v) is 3.70. The highest BCUT2D eigenvalue weighted by atomic mass is 127. The van der Waals surface area contributed by atoms with Gasteiger partial charge in [0.2, 0.25) is 5.92 Å². The monoisotopic (exact) mass is 429 g/mol. The minimum absolute atomic E-state index is 0.0364. The van der Waals surface area contributed by atoms with Crippen molar-refractivity contribution in [1.29, 1.82) is 0 Å². The van der Waals surface area contributed by atoms with Crippen molar-refractivity contribution in [3.63, 3.8) is 0 Å². The Labute approximate surface area is 138 Å². The Morgan fingerprint density at radius 2 is 2.19 bits per heavy atom. The van der Waals surface area contributed by atoms with Crippen LogP contribution in [0.4, 0.5) is 19.4 Å². The highest BCUT2D eigenvalue weighted by Gasteiger charge is 2.47. The zero-order valence-corrected chi connectivity index (χ0v) is 14.2. The molecule has 0 aromatic carbocycles. The Bertz CT molecular complexity index is 569. The largest absolute Gasteiger partial charge is 0.444 e. The molecule has 3 rings (SSSR count). The number of nitrogens with one attached hydrogen (secondary N) is 1. The molecule has 2 fully saturated rings. The minimum Gasteiger partial charge on any atom is -0.444 e. The van der Waals surface area contributed by atoms with E-state index in [0.29, 0.717) is 11.5 Å². The minimum atomic E-state index is -2.58. The van der Waals surface area contributed by atoms with Crippen molar-refractivity contribution in [2.45, 2.75) is 37.7 Å². The molecule has 2 aliphatic rings. The maximum atomic E-state index is 13.0. The van der Waals surface area contributed by atoms with Gasteiger partial charge in [0.1, 0.15) is 11.9 Å². The third-order valence-corrected chi connectivity index (χ3v) is 5.61. The average molecular weight is 429 g/mol. The van der Waals surface area contributed by atoms with E-state index < -0.39 is 12.0 Å². The van der Waals surface area contributed by atoms with Crippen LogP contribution in [0.25, 0.3) is 0 Å². The van der Waals surface area contributed by atoms with E-state index in [0.717, 1.165) is 17.1 Å². The van der Waals surface area contributed by atoms with Crippen LogP contribution >= 0.6 is 34.6 Å². The van der Waals surface area contributed by atoms with E-state index in [2.05, 4.69) is 10.4 Å². The van der Waals surface area contributed by atoms with Crippen LogP contribution in [0.5, 0.6) is 0 Å². The van der Waals surface area contributed by atoms with Crippen molar-refractivity contribution >= 4 is 46.5 Å². The summed E-state index contributed by atoms with van der Waals surface area (Å²) in [5, 5.41) is 6.92. The molecule has 0 spiro atoms. The molecule has 1 aromatic rings.